The number of aromatic nitrogens is 1. The van der Waals surface area contributed by atoms with E-state index in [9.17, 15) is 0 Å². The van der Waals surface area contributed by atoms with Gasteiger partial charge in [-0.2, -0.15) is 12.6 Å². The van der Waals surface area contributed by atoms with Crippen LogP contribution in [0.2, 0.25) is 0 Å². The highest BCUT2D eigenvalue weighted by Crippen LogP contribution is 2.32. The van der Waals surface area contributed by atoms with Crippen LogP contribution in [-0.4, -0.2) is 4.98 Å². The van der Waals surface area contributed by atoms with E-state index in [2.05, 4.69) is 48.0 Å². The van der Waals surface area contributed by atoms with E-state index in [1.165, 1.54) is 16.3 Å². The number of hydrogen-bond acceptors (Lipinski definition) is 2. The number of allylic oxidation sites excluding steroid dienone is 1. The predicted octanol–water partition coefficient (Wildman–Crippen LogP) is 3.32. The molecule has 1 heterocycles. The normalized spacial score (nSPS) is 19.1. The third-order valence-corrected chi connectivity index (χ3v) is 3.28. The Morgan fingerprint density at radius 1 is 1.27 bits per heavy atom. The zero-order valence-electron chi connectivity index (χ0n) is 8.22. The zero-order valence-corrected chi connectivity index (χ0v) is 9.11. The van der Waals surface area contributed by atoms with Crippen molar-refractivity contribution in [2.24, 2.45) is 0 Å². The summed E-state index contributed by atoms with van der Waals surface area (Å²) in [5, 5.41) is 2.68. The quantitative estimate of drug-likeness (QED) is 0.523. The Bertz CT molecular complexity index is 545. The Labute approximate surface area is 94.3 Å². The predicted molar refractivity (Wildman–Crippen MR) is 66.3 cm³/mol. The van der Waals surface area contributed by atoms with E-state index < -0.39 is 0 Å². The second kappa shape index (κ2) is 3.38. The SMILES string of the molecule is SC1C=CCc2c1ncc1ccccc21. The molecule has 74 valence electrons. The lowest BCUT2D eigenvalue weighted by Crippen LogP contribution is -2.03. The Hall–Kier alpha value is -1.28. The van der Waals surface area contributed by atoms with Crippen LogP contribution < -0.4 is 0 Å². The van der Waals surface area contributed by atoms with Crippen molar-refractivity contribution >= 4 is 23.4 Å². The first-order chi connectivity index (χ1) is 7.36. The van der Waals surface area contributed by atoms with Gasteiger partial charge in [0.2, 0.25) is 0 Å². The summed E-state index contributed by atoms with van der Waals surface area (Å²) in [6.07, 6.45) is 7.19. The minimum atomic E-state index is 0.151. The lowest BCUT2D eigenvalue weighted by molar-refractivity contribution is 1.01. The summed E-state index contributed by atoms with van der Waals surface area (Å²) in [4.78, 5) is 4.50. The molecule has 0 aliphatic heterocycles. The molecule has 2 aromatic rings. The molecule has 1 unspecified atom stereocenters. The lowest BCUT2D eigenvalue weighted by atomic mass is 9.96. The van der Waals surface area contributed by atoms with Gasteiger partial charge in [0.1, 0.15) is 0 Å². The molecule has 0 saturated carbocycles. The molecule has 2 heteroatoms. The highest BCUT2D eigenvalue weighted by atomic mass is 32.1. The molecule has 0 spiro atoms. The molecule has 1 atom stereocenters. The van der Waals surface area contributed by atoms with E-state index in [0.29, 0.717) is 0 Å². The Morgan fingerprint density at radius 2 is 2.13 bits per heavy atom. The molecule has 0 bridgehead atoms. The lowest BCUT2D eigenvalue weighted by Gasteiger charge is -2.17. The van der Waals surface area contributed by atoms with Gasteiger partial charge in [-0.05, 0) is 17.4 Å². The fraction of sp³-hybridized carbons (Fsp3) is 0.154. The topological polar surface area (TPSA) is 12.9 Å². The van der Waals surface area contributed by atoms with E-state index in [-0.39, 0.29) is 5.25 Å². The molecule has 1 nitrogen and oxygen atoms in total. The second-order valence-electron chi connectivity index (χ2n) is 3.79. The fourth-order valence-electron chi connectivity index (χ4n) is 2.11. The Balaban J connectivity index is 2.36. The average Bonchev–Trinajstić information content (AvgIpc) is 2.29. The fourth-order valence-corrected chi connectivity index (χ4v) is 2.46. The van der Waals surface area contributed by atoms with Crippen LogP contribution in [0.15, 0.2) is 42.6 Å². The summed E-state index contributed by atoms with van der Waals surface area (Å²) < 4.78 is 0. The number of fused-ring (bicyclic) bond motifs is 3. The minimum absolute atomic E-state index is 0.151. The van der Waals surface area contributed by atoms with Gasteiger partial charge < -0.3 is 0 Å². The molecule has 1 aromatic heterocycles. The molecular formula is C13H11NS. The van der Waals surface area contributed by atoms with Gasteiger partial charge in [-0.1, -0.05) is 36.4 Å². The first-order valence-corrected chi connectivity index (χ1v) is 5.59. The summed E-state index contributed by atoms with van der Waals surface area (Å²) >= 11 is 4.52. The van der Waals surface area contributed by atoms with Crippen molar-refractivity contribution in [1.29, 1.82) is 0 Å². The van der Waals surface area contributed by atoms with Gasteiger partial charge in [-0.15, -0.1) is 0 Å². The molecule has 3 rings (SSSR count). The van der Waals surface area contributed by atoms with Crippen LogP contribution in [0.1, 0.15) is 16.5 Å². The van der Waals surface area contributed by atoms with Crippen LogP contribution >= 0.6 is 12.6 Å². The molecule has 1 aliphatic rings. The number of hydrogen-bond donors (Lipinski definition) is 1. The number of nitrogens with zero attached hydrogens (tertiary/aromatic N) is 1. The molecule has 15 heavy (non-hydrogen) atoms. The number of rotatable bonds is 0. The van der Waals surface area contributed by atoms with Gasteiger partial charge in [0.15, 0.2) is 0 Å². The Kier molecular flexibility index (Phi) is 2.03. The van der Waals surface area contributed by atoms with E-state index in [0.717, 1.165) is 12.1 Å². The molecule has 1 aromatic carbocycles. The largest absolute Gasteiger partial charge is 0.259 e. The highest BCUT2D eigenvalue weighted by molar-refractivity contribution is 7.80. The number of thiol groups is 1. The molecule has 0 saturated heterocycles. The molecule has 1 aliphatic carbocycles. The molecule has 0 N–H and O–H groups in total. The standard InChI is InChI=1S/C13H11NS/c15-12-7-3-6-11-10-5-2-1-4-9(10)8-14-13(11)12/h1-5,7-8,12,15H,6H2. The first-order valence-electron chi connectivity index (χ1n) is 5.07. The van der Waals surface area contributed by atoms with E-state index in [4.69, 9.17) is 0 Å². The summed E-state index contributed by atoms with van der Waals surface area (Å²) in [6, 6.07) is 8.39. The van der Waals surface area contributed by atoms with Crippen molar-refractivity contribution in [3.8, 4) is 0 Å². The van der Waals surface area contributed by atoms with Crippen molar-refractivity contribution in [2.45, 2.75) is 11.7 Å². The number of benzene rings is 1. The van der Waals surface area contributed by atoms with E-state index in [1.54, 1.807) is 0 Å². The number of pyridine rings is 1. The van der Waals surface area contributed by atoms with E-state index in [1.807, 2.05) is 12.3 Å². The van der Waals surface area contributed by atoms with Crippen molar-refractivity contribution in [3.63, 3.8) is 0 Å². The van der Waals surface area contributed by atoms with E-state index >= 15 is 0 Å². The Morgan fingerprint density at radius 3 is 3.07 bits per heavy atom. The maximum atomic E-state index is 4.52. The molecular weight excluding hydrogens is 202 g/mol. The molecule has 0 radical (unpaired) electrons. The van der Waals surface area contributed by atoms with Gasteiger partial charge in [-0.25, -0.2) is 0 Å². The minimum Gasteiger partial charge on any atom is -0.259 e. The summed E-state index contributed by atoms with van der Waals surface area (Å²) in [6.45, 7) is 0. The maximum Gasteiger partial charge on any atom is 0.0623 e. The van der Waals surface area contributed by atoms with Crippen molar-refractivity contribution < 1.29 is 0 Å². The van der Waals surface area contributed by atoms with Crippen LogP contribution in [0.5, 0.6) is 0 Å². The smallest absolute Gasteiger partial charge is 0.0623 e. The van der Waals surface area contributed by atoms with Crippen molar-refractivity contribution in [3.05, 3.63) is 53.9 Å². The summed E-state index contributed by atoms with van der Waals surface area (Å²) in [7, 11) is 0. The van der Waals surface area contributed by atoms with Gasteiger partial charge in [0.05, 0.1) is 10.9 Å². The van der Waals surface area contributed by atoms with Crippen LogP contribution in [0.3, 0.4) is 0 Å². The van der Waals surface area contributed by atoms with Gasteiger partial charge in [-0.3, -0.25) is 4.98 Å². The van der Waals surface area contributed by atoms with Gasteiger partial charge in [0, 0.05) is 11.6 Å². The molecule has 0 amide bonds. The first kappa shape index (κ1) is 8.98. The van der Waals surface area contributed by atoms with Crippen molar-refractivity contribution in [2.75, 3.05) is 0 Å². The van der Waals surface area contributed by atoms with Crippen molar-refractivity contribution in [1.82, 2.24) is 4.98 Å². The van der Waals surface area contributed by atoms with Crippen LogP contribution in [0.4, 0.5) is 0 Å². The van der Waals surface area contributed by atoms with Crippen LogP contribution in [0.25, 0.3) is 10.8 Å². The maximum absolute atomic E-state index is 4.52. The summed E-state index contributed by atoms with van der Waals surface area (Å²) in [5.74, 6) is 0. The second-order valence-corrected chi connectivity index (χ2v) is 4.34. The monoisotopic (exact) mass is 213 g/mol. The van der Waals surface area contributed by atoms with Crippen LogP contribution in [0, 0.1) is 0 Å². The zero-order chi connectivity index (χ0) is 10.3. The third-order valence-electron chi connectivity index (χ3n) is 2.86. The average molecular weight is 213 g/mol. The van der Waals surface area contributed by atoms with Gasteiger partial charge >= 0.3 is 0 Å². The highest BCUT2D eigenvalue weighted by Gasteiger charge is 2.15. The third kappa shape index (κ3) is 1.37. The summed E-state index contributed by atoms with van der Waals surface area (Å²) in [5.41, 5.74) is 2.44. The van der Waals surface area contributed by atoms with Crippen LogP contribution in [-0.2, 0) is 6.42 Å². The molecule has 0 fully saturated rings. The van der Waals surface area contributed by atoms with Gasteiger partial charge in [0.25, 0.3) is 0 Å².